The van der Waals surface area contributed by atoms with Crippen molar-refractivity contribution in [3.63, 3.8) is 0 Å². The van der Waals surface area contributed by atoms with Crippen LogP contribution in [0.15, 0.2) is 31.0 Å². The van der Waals surface area contributed by atoms with Crippen LogP contribution < -0.4 is 5.32 Å². The number of nitrogens with one attached hydrogen (secondary N) is 1. The lowest BCUT2D eigenvalue weighted by Crippen LogP contribution is -2.59. The van der Waals surface area contributed by atoms with Gasteiger partial charge in [-0.3, -0.25) is 9.58 Å². The zero-order valence-electron chi connectivity index (χ0n) is 21.9. The summed E-state index contributed by atoms with van der Waals surface area (Å²) >= 11 is 0. The van der Waals surface area contributed by atoms with Gasteiger partial charge in [0.1, 0.15) is 18.7 Å². The molecule has 1 unspecified atom stereocenters. The number of hydrogen-bond donors (Lipinski definition) is 1. The highest BCUT2D eigenvalue weighted by molar-refractivity contribution is 6.76. The molecule has 35 heavy (non-hydrogen) atoms. The SMILES string of the molecule is [2H]C(C#N)[C@]1(n2cc(-c3ncnc4c3ccn4COCC[Si](C)(C)C)cn2)C[C@H](N2CCNCC2)C1. The Balaban J connectivity index is 1.35. The molecule has 3 aromatic rings. The fourth-order valence-electron chi connectivity index (χ4n) is 5.12. The molecule has 186 valence electrons. The van der Waals surface area contributed by atoms with Crippen molar-refractivity contribution in [2.45, 2.75) is 63.2 Å². The predicted molar refractivity (Wildman–Crippen MR) is 139 cm³/mol. The van der Waals surface area contributed by atoms with E-state index in [1.54, 1.807) is 12.5 Å². The first kappa shape index (κ1) is 22.9. The van der Waals surface area contributed by atoms with Crippen LogP contribution in [0.4, 0.5) is 0 Å². The number of ether oxygens (including phenoxy) is 1. The van der Waals surface area contributed by atoms with Crippen LogP contribution in [0.3, 0.4) is 0 Å². The van der Waals surface area contributed by atoms with Crippen molar-refractivity contribution in [2.75, 3.05) is 32.8 Å². The molecule has 0 bridgehead atoms. The molecule has 0 spiro atoms. The second-order valence-corrected chi connectivity index (χ2v) is 16.6. The first-order valence-electron chi connectivity index (χ1n) is 13.1. The maximum absolute atomic E-state index is 9.66. The molecule has 9 nitrogen and oxygen atoms in total. The summed E-state index contributed by atoms with van der Waals surface area (Å²) in [5.74, 6) is 0. The van der Waals surface area contributed by atoms with Gasteiger partial charge in [-0.15, -0.1) is 0 Å². The van der Waals surface area contributed by atoms with Gasteiger partial charge >= 0.3 is 0 Å². The van der Waals surface area contributed by atoms with Crippen LogP contribution >= 0.6 is 0 Å². The normalized spacial score (nSPS) is 24.6. The highest BCUT2D eigenvalue weighted by Crippen LogP contribution is 2.45. The summed E-state index contributed by atoms with van der Waals surface area (Å²) in [6.45, 7) is 12.3. The molecule has 1 atom stereocenters. The van der Waals surface area contributed by atoms with E-state index < -0.39 is 20.0 Å². The van der Waals surface area contributed by atoms with Gasteiger partial charge in [-0.2, -0.15) is 10.4 Å². The molecule has 0 amide bonds. The van der Waals surface area contributed by atoms with E-state index in [1.807, 2.05) is 27.7 Å². The van der Waals surface area contributed by atoms with Gasteiger partial charge in [0.05, 0.1) is 29.9 Å². The molecule has 3 aromatic heterocycles. The topological polar surface area (TPSA) is 96.8 Å². The van der Waals surface area contributed by atoms with E-state index in [2.05, 4.69) is 51.0 Å². The van der Waals surface area contributed by atoms with E-state index in [0.29, 0.717) is 12.8 Å². The number of rotatable bonds is 9. The first-order valence-corrected chi connectivity index (χ1v) is 16.2. The lowest BCUT2D eigenvalue weighted by atomic mass is 9.70. The number of nitrogens with zero attached hydrogens (tertiary/aromatic N) is 7. The number of fused-ring (bicyclic) bond motifs is 1. The van der Waals surface area contributed by atoms with Crippen molar-refractivity contribution in [2.24, 2.45) is 0 Å². The highest BCUT2D eigenvalue weighted by atomic mass is 28.3. The van der Waals surface area contributed by atoms with Crippen LogP contribution in [0.1, 0.15) is 20.6 Å². The monoisotopic (exact) mass is 493 g/mol. The molecule has 1 aliphatic carbocycles. The van der Waals surface area contributed by atoms with Crippen molar-refractivity contribution in [3.8, 4) is 17.3 Å². The number of piperazine rings is 1. The Morgan fingerprint density at radius 1 is 1.29 bits per heavy atom. The summed E-state index contributed by atoms with van der Waals surface area (Å²) in [6.07, 6.45) is 7.98. The maximum atomic E-state index is 9.66. The van der Waals surface area contributed by atoms with Crippen LogP contribution in [-0.4, -0.2) is 76.1 Å². The van der Waals surface area contributed by atoms with Gasteiger partial charge in [0.15, 0.2) is 0 Å². The largest absolute Gasteiger partial charge is 0.361 e. The van der Waals surface area contributed by atoms with Crippen LogP contribution in [-0.2, 0) is 17.0 Å². The standard InChI is InChI=1S/C25H36N8OSi/c1-35(2,3)13-12-34-19-32-9-4-22-23(28-18-29-24(22)32)20-16-30-33(17-20)25(5-6-26)14-21(15-25)31-10-7-27-8-11-31/h4,9,16-18,21,27H,5,7-8,10-15,19H2,1-3H3/t21-,25-/i5D/t5?,21-,25-. The molecule has 0 radical (unpaired) electrons. The zero-order valence-corrected chi connectivity index (χ0v) is 21.9. The van der Waals surface area contributed by atoms with Crippen molar-refractivity contribution in [1.82, 2.24) is 34.5 Å². The summed E-state index contributed by atoms with van der Waals surface area (Å²) in [6, 6.07) is 5.72. The van der Waals surface area contributed by atoms with Crippen molar-refractivity contribution in [1.29, 1.82) is 5.26 Å². The van der Waals surface area contributed by atoms with Gasteiger partial charge in [-0.25, -0.2) is 9.97 Å². The number of aromatic nitrogens is 5. The van der Waals surface area contributed by atoms with Gasteiger partial charge in [-0.1, -0.05) is 19.6 Å². The molecular weight excluding hydrogens is 456 g/mol. The second kappa shape index (κ2) is 9.82. The minimum atomic E-state index is -1.13. The van der Waals surface area contributed by atoms with Crippen LogP contribution in [0.25, 0.3) is 22.3 Å². The predicted octanol–water partition coefficient (Wildman–Crippen LogP) is 3.28. The minimum Gasteiger partial charge on any atom is -0.361 e. The average Bonchev–Trinajstić information content (AvgIpc) is 3.49. The van der Waals surface area contributed by atoms with Crippen LogP contribution in [0.2, 0.25) is 25.7 Å². The fraction of sp³-hybridized carbons (Fsp3) is 0.600. The molecule has 1 N–H and O–H groups in total. The molecular formula is C25H36N8OSi. The van der Waals surface area contributed by atoms with Crippen molar-refractivity contribution in [3.05, 3.63) is 31.0 Å². The molecule has 1 saturated heterocycles. The average molecular weight is 494 g/mol. The molecule has 5 rings (SSSR count). The number of hydrogen-bond acceptors (Lipinski definition) is 7. The molecule has 2 aliphatic rings. The summed E-state index contributed by atoms with van der Waals surface area (Å²) in [7, 11) is -1.13. The molecule has 1 saturated carbocycles. The third-order valence-electron chi connectivity index (χ3n) is 7.27. The summed E-state index contributed by atoms with van der Waals surface area (Å²) < 4.78 is 18.3. The van der Waals surface area contributed by atoms with Gasteiger partial charge in [0.2, 0.25) is 0 Å². The fourth-order valence-corrected chi connectivity index (χ4v) is 5.88. The minimum absolute atomic E-state index is 0.390. The zero-order chi connectivity index (χ0) is 25.3. The molecule has 0 aromatic carbocycles. The summed E-state index contributed by atoms with van der Waals surface area (Å²) in [5.41, 5.74) is 1.90. The Kier molecular flexibility index (Phi) is 6.41. The van der Waals surface area contributed by atoms with Gasteiger partial charge < -0.3 is 14.6 Å². The van der Waals surface area contributed by atoms with E-state index in [4.69, 9.17) is 6.11 Å². The third-order valence-corrected chi connectivity index (χ3v) is 8.98. The Bertz CT molecular complexity index is 1230. The van der Waals surface area contributed by atoms with Crippen LogP contribution in [0, 0.1) is 11.3 Å². The Labute approximate surface area is 209 Å². The third kappa shape index (κ3) is 5.04. The molecule has 1 aliphatic heterocycles. The van der Waals surface area contributed by atoms with Crippen molar-refractivity contribution >= 4 is 19.1 Å². The number of nitriles is 1. The van der Waals surface area contributed by atoms with E-state index in [-0.39, 0.29) is 0 Å². The molecule has 4 heterocycles. The second-order valence-electron chi connectivity index (χ2n) is 11.0. The van der Waals surface area contributed by atoms with Gasteiger partial charge in [-0.05, 0) is 25.0 Å². The van der Waals surface area contributed by atoms with E-state index in [9.17, 15) is 5.26 Å². The molecule has 2 fully saturated rings. The lowest BCUT2D eigenvalue weighted by molar-refractivity contribution is -0.00108. The summed E-state index contributed by atoms with van der Waals surface area (Å²) in [5, 5.41) is 18.7. The molecule has 10 heteroatoms. The Morgan fingerprint density at radius 2 is 2.09 bits per heavy atom. The lowest BCUT2D eigenvalue weighted by Gasteiger charge is -2.51. The summed E-state index contributed by atoms with van der Waals surface area (Å²) in [4.78, 5) is 11.6. The van der Waals surface area contributed by atoms with E-state index in [0.717, 1.165) is 74.0 Å². The van der Waals surface area contributed by atoms with Crippen molar-refractivity contribution < 1.29 is 6.11 Å². The van der Waals surface area contributed by atoms with Gasteiger partial charge in [0.25, 0.3) is 0 Å². The van der Waals surface area contributed by atoms with Gasteiger partial charge in [0, 0.05) is 71.6 Å². The van der Waals surface area contributed by atoms with E-state index >= 15 is 0 Å². The first-order chi connectivity index (χ1) is 17.3. The smallest absolute Gasteiger partial charge is 0.145 e. The Morgan fingerprint density at radius 3 is 2.83 bits per heavy atom. The van der Waals surface area contributed by atoms with Crippen LogP contribution in [0.5, 0.6) is 0 Å². The van der Waals surface area contributed by atoms with E-state index in [1.165, 1.54) is 0 Å². The Hall–Kier alpha value is -2.58. The quantitative estimate of drug-likeness (QED) is 0.361. The highest BCUT2D eigenvalue weighted by Gasteiger charge is 2.48. The maximum Gasteiger partial charge on any atom is 0.145 e.